The van der Waals surface area contributed by atoms with Crippen molar-refractivity contribution in [3.05, 3.63) is 76.3 Å². The maximum Gasteiger partial charge on any atom is 0.333 e. The van der Waals surface area contributed by atoms with Crippen LogP contribution < -0.4 is 28.2 Å². The minimum Gasteiger partial charge on any atom is -0.414 e. The van der Waals surface area contributed by atoms with Crippen LogP contribution in [0.4, 0.5) is 0 Å². The second-order valence-corrected chi connectivity index (χ2v) is 22.1. The number of aliphatic hydroxyl groups excluding tert-OH is 3. The number of aliphatic hydroxyl groups is 3. The molecule has 0 bridgehead atoms. The molecular weight excluding hydrogens is 747 g/mol. The molecule has 2 fully saturated rings. The highest BCUT2D eigenvalue weighted by Gasteiger charge is 2.65. The number of nitrogens with zero attached hydrogens (tertiary/aromatic N) is 4. The third-order valence-corrected chi connectivity index (χ3v) is 16.6. The van der Waals surface area contributed by atoms with E-state index in [2.05, 4.69) is 0 Å². The Kier molecular flexibility index (Phi) is 11.9. The van der Waals surface area contributed by atoms with Crippen molar-refractivity contribution in [1.82, 2.24) is 18.3 Å². The Balaban J connectivity index is 1.29. The largest absolute Gasteiger partial charge is 0.414 e. The number of aromatic nitrogens is 4. The lowest BCUT2D eigenvalue weighted by atomic mass is 9.89. The average molecular weight is 800 g/mol. The van der Waals surface area contributed by atoms with E-state index >= 15 is 0 Å². The third-order valence-electron chi connectivity index (χ3n) is 11.1. The summed E-state index contributed by atoms with van der Waals surface area (Å²) in [7, 11) is -6.72. The van der Waals surface area contributed by atoms with Gasteiger partial charge in [0.1, 0.15) is 24.5 Å². The molecule has 7 atom stereocenters. The Morgan fingerprint density at radius 1 is 0.926 bits per heavy atom. The van der Waals surface area contributed by atoms with Gasteiger partial charge in [0, 0.05) is 43.0 Å². The van der Waals surface area contributed by atoms with E-state index < -0.39 is 90.0 Å². The summed E-state index contributed by atoms with van der Waals surface area (Å²) in [4.78, 5) is 53.1. The Morgan fingerprint density at radius 3 is 1.94 bits per heavy atom. The summed E-state index contributed by atoms with van der Waals surface area (Å²) in [6.45, 7) is 12.6. The zero-order valence-corrected chi connectivity index (χ0v) is 33.6. The van der Waals surface area contributed by atoms with Crippen LogP contribution in [0.15, 0.2) is 42.7 Å². The number of rotatable bonds is 13. The Hall–Kier alpha value is -3.21. The molecular formula is C34H53N5O13SSi. The van der Waals surface area contributed by atoms with Gasteiger partial charge in [0.2, 0.25) is 0 Å². The van der Waals surface area contributed by atoms with Gasteiger partial charge in [-0.25, -0.2) is 13.8 Å². The molecule has 0 unspecified atom stereocenters. The minimum atomic E-state index is -4.30. The van der Waals surface area contributed by atoms with Gasteiger partial charge in [-0.05, 0) is 44.8 Å². The summed E-state index contributed by atoms with van der Waals surface area (Å²) in [6.07, 6.45) is -2.52. The van der Waals surface area contributed by atoms with E-state index in [9.17, 15) is 42.9 Å². The van der Waals surface area contributed by atoms with Crippen LogP contribution in [-0.2, 0) is 41.3 Å². The first-order valence-electron chi connectivity index (χ1n) is 18.1. The molecule has 0 amide bonds. The molecule has 5 N–H and O–H groups in total. The lowest BCUT2D eigenvalue weighted by molar-refractivity contribution is -0.0571. The van der Waals surface area contributed by atoms with Gasteiger partial charge in [-0.1, -0.05) is 33.6 Å². The molecule has 3 aliphatic rings. The first kappa shape index (κ1) is 41.9. The van der Waals surface area contributed by atoms with Crippen molar-refractivity contribution in [2.45, 2.75) is 140 Å². The summed E-state index contributed by atoms with van der Waals surface area (Å²) in [6, 6.07) is 0. The second-order valence-electron chi connectivity index (χ2n) is 15.9. The van der Waals surface area contributed by atoms with E-state index in [1.807, 2.05) is 33.9 Å². The molecule has 2 saturated heterocycles. The van der Waals surface area contributed by atoms with Gasteiger partial charge in [-0.15, -0.1) is 0 Å². The maximum atomic E-state index is 13.8. The average Bonchev–Trinajstić information content (AvgIpc) is 3.68. The quantitative estimate of drug-likeness (QED) is 0.119. The molecule has 18 nitrogen and oxygen atoms in total. The SMILES string of the molecule is Cc1cn([C@@H]2O[C@H](CO[Si](C)(C)C(C)(C)C)[C@@]3(OS(=O)(=O)C=C3N)[C@H]2O)c(=O)n(CCCCCCn2c(=O)c(C)cn([C@H]3C[C@H](O)[C@@H](CO)O3)c2=O)c1=O. The summed E-state index contributed by atoms with van der Waals surface area (Å²) in [5, 5.41) is 31.7. The fourth-order valence-electron chi connectivity index (χ4n) is 6.84. The van der Waals surface area contributed by atoms with Crippen LogP contribution in [0.2, 0.25) is 18.1 Å². The van der Waals surface area contributed by atoms with Gasteiger partial charge in [0.15, 0.2) is 20.1 Å². The van der Waals surface area contributed by atoms with Crippen LogP contribution in [-0.4, -0.2) is 93.6 Å². The van der Waals surface area contributed by atoms with Crippen LogP contribution >= 0.6 is 0 Å². The van der Waals surface area contributed by atoms with Crippen LogP contribution in [0, 0.1) is 13.8 Å². The number of hydrogen-bond donors (Lipinski definition) is 4. The van der Waals surface area contributed by atoms with Crippen molar-refractivity contribution in [3.63, 3.8) is 0 Å². The summed E-state index contributed by atoms with van der Waals surface area (Å²) >= 11 is 0. The Bertz CT molecular complexity index is 2120. The molecule has 5 heterocycles. The third kappa shape index (κ3) is 7.76. The monoisotopic (exact) mass is 799 g/mol. The van der Waals surface area contributed by atoms with Crippen molar-refractivity contribution in [1.29, 1.82) is 0 Å². The van der Waals surface area contributed by atoms with E-state index in [1.54, 1.807) is 6.92 Å². The first-order valence-corrected chi connectivity index (χ1v) is 22.4. The zero-order valence-electron chi connectivity index (χ0n) is 31.8. The van der Waals surface area contributed by atoms with Crippen LogP contribution in [0.1, 0.15) is 76.5 Å². The zero-order chi connectivity index (χ0) is 40.1. The molecule has 5 rings (SSSR count). The molecule has 0 aliphatic carbocycles. The van der Waals surface area contributed by atoms with Crippen LogP contribution in [0.5, 0.6) is 0 Å². The summed E-state index contributed by atoms with van der Waals surface area (Å²) < 4.78 is 53.2. The fraction of sp³-hybridized carbons (Fsp3) is 0.706. The van der Waals surface area contributed by atoms with Crippen molar-refractivity contribution >= 4 is 18.4 Å². The predicted octanol–water partition coefficient (Wildman–Crippen LogP) is 0.0305. The van der Waals surface area contributed by atoms with Gasteiger partial charge in [0.25, 0.3) is 21.2 Å². The van der Waals surface area contributed by atoms with E-state index in [-0.39, 0.29) is 42.4 Å². The van der Waals surface area contributed by atoms with Crippen molar-refractivity contribution in [3.8, 4) is 0 Å². The van der Waals surface area contributed by atoms with Gasteiger partial charge in [0.05, 0.1) is 30.4 Å². The Labute approximate surface area is 313 Å². The minimum absolute atomic E-state index is 0.00268. The van der Waals surface area contributed by atoms with Gasteiger partial charge >= 0.3 is 11.4 Å². The standard InChI is InChI=1S/C34H53N5O13SSi/c1-20-15-38(26-14-22(41)23(17-40)50-26)31(45)36(28(20)43)12-10-8-9-11-13-37-29(44)21(2)16-39(32(37)46)30-27(42)34(24(35)19-53(47,48)52-34)25(51-30)18-49-54(6,7)33(3,4)5/h15-16,19,22-23,25-27,30,40-42H,8-14,17-18,35H2,1-7H3/t22-,23+,25+,26+,27-,30+,34+/m0/s1. The lowest BCUT2D eigenvalue weighted by Crippen LogP contribution is -2.55. The number of ether oxygens (including phenoxy) is 2. The highest BCUT2D eigenvalue weighted by atomic mass is 32.2. The van der Waals surface area contributed by atoms with E-state index in [0.29, 0.717) is 36.7 Å². The second kappa shape index (κ2) is 15.4. The fourth-order valence-corrected chi connectivity index (χ4v) is 9.07. The molecule has 0 saturated carbocycles. The molecule has 2 aromatic heterocycles. The van der Waals surface area contributed by atoms with Crippen LogP contribution in [0.3, 0.4) is 0 Å². The molecule has 0 aromatic carbocycles. The molecule has 1 spiro atoms. The number of hydrogen-bond acceptors (Lipinski definition) is 14. The Morgan fingerprint density at radius 2 is 1.46 bits per heavy atom. The number of unbranched alkanes of at least 4 members (excludes halogenated alkanes) is 3. The first-order chi connectivity index (χ1) is 25.1. The molecule has 54 heavy (non-hydrogen) atoms. The topological polar surface area (TPSA) is 246 Å². The van der Waals surface area contributed by atoms with Gasteiger partial charge in [-0.2, -0.15) is 8.42 Å². The number of nitrogens with two attached hydrogens (primary N) is 1. The normalized spacial score (nSPS) is 28.3. The van der Waals surface area contributed by atoms with Crippen molar-refractivity contribution in [2.24, 2.45) is 5.73 Å². The van der Waals surface area contributed by atoms with E-state index in [0.717, 1.165) is 13.7 Å². The highest BCUT2D eigenvalue weighted by molar-refractivity contribution is 7.90. The maximum absolute atomic E-state index is 13.8. The van der Waals surface area contributed by atoms with Crippen LogP contribution in [0.25, 0.3) is 0 Å². The summed E-state index contributed by atoms with van der Waals surface area (Å²) in [5.74, 6) is 0. The molecule has 302 valence electrons. The summed E-state index contributed by atoms with van der Waals surface area (Å²) in [5.41, 5.74) is 1.91. The lowest BCUT2D eigenvalue weighted by Gasteiger charge is -2.38. The molecule has 2 aromatic rings. The van der Waals surface area contributed by atoms with Crippen molar-refractivity contribution in [2.75, 3.05) is 13.2 Å². The molecule has 0 radical (unpaired) electrons. The van der Waals surface area contributed by atoms with E-state index in [4.69, 9.17) is 23.8 Å². The predicted molar refractivity (Wildman–Crippen MR) is 198 cm³/mol. The van der Waals surface area contributed by atoms with E-state index in [1.165, 1.54) is 23.9 Å². The highest BCUT2D eigenvalue weighted by Crippen LogP contribution is 2.48. The molecule has 20 heteroatoms. The van der Waals surface area contributed by atoms with Crippen molar-refractivity contribution < 1.29 is 41.8 Å². The smallest absolute Gasteiger partial charge is 0.333 e. The van der Waals surface area contributed by atoms with Gasteiger partial charge in [-0.3, -0.25) is 27.9 Å². The molecule has 3 aliphatic heterocycles. The number of aryl methyl sites for hydroxylation is 2. The van der Waals surface area contributed by atoms with Gasteiger partial charge < -0.3 is 35.0 Å².